The van der Waals surface area contributed by atoms with E-state index in [9.17, 15) is 4.39 Å². The van der Waals surface area contributed by atoms with Crippen molar-refractivity contribution in [1.29, 1.82) is 0 Å². The van der Waals surface area contributed by atoms with Gasteiger partial charge in [0.2, 0.25) is 5.88 Å². The first kappa shape index (κ1) is 13.0. The smallest absolute Gasteiger partial charge is 0.219 e. The maximum atomic E-state index is 12.9. The van der Waals surface area contributed by atoms with Crippen molar-refractivity contribution in [1.82, 2.24) is 4.98 Å². The molecule has 0 radical (unpaired) electrons. The van der Waals surface area contributed by atoms with E-state index in [1.807, 2.05) is 13.0 Å². The van der Waals surface area contributed by atoms with E-state index >= 15 is 0 Å². The highest BCUT2D eigenvalue weighted by molar-refractivity contribution is 9.10. The summed E-state index contributed by atoms with van der Waals surface area (Å²) >= 11 is 3.23. The van der Waals surface area contributed by atoms with Crippen molar-refractivity contribution >= 4 is 15.9 Å². The average Bonchev–Trinajstić information content (AvgIpc) is 2.33. The van der Waals surface area contributed by atoms with Crippen LogP contribution in [-0.4, -0.2) is 4.98 Å². The van der Waals surface area contributed by atoms with E-state index in [1.165, 1.54) is 12.1 Å². The van der Waals surface area contributed by atoms with Gasteiger partial charge in [-0.3, -0.25) is 0 Å². The largest absolute Gasteiger partial charge is 0.438 e. The molecular weight excluding hydrogens is 299 g/mol. The molecule has 1 aromatic carbocycles. The van der Waals surface area contributed by atoms with Crippen LogP contribution in [0.15, 0.2) is 41.0 Å². The predicted molar refractivity (Wildman–Crippen MR) is 71.0 cm³/mol. The second kappa shape index (κ2) is 5.46. The van der Waals surface area contributed by atoms with Crippen LogP contribution < -0.4 is 10.5 Å². The molecule has 5 heteroatoms. The highest BCUT2D eigenvalue weighted by atomic mass is 79.9. The first-order valence-corrected chi connectivity index (χ1v) is 6.20. The Labute approximate surface area is 113 Å². The number of aromatic nitrogens is 1. The molecule has 0 aliphatic heterocycles. The lowest BCUT2D eigenvalue weighted by molar-refractivity contribution is 0.457. The highest BCUT2D eigenvalue weighted by Gasteiger charge is 2.06. The summed E-state index contributed by atoms with van der Waals surface area (Å²) in [5, 5.41) is 0. The number of rotatable bonds is 3. The van der Waals surface area contributed by atoms with Crippen LogP contribution in [0.4, 0.5) is 4.39 Å². The molecule has 2 aromatic rings. The summed E-state index contributed by atoms with van der Waals surface area (Å²) in [6, 6.07) is 7.73. The third kappa shape index (κ3) is 3.05. The van der Waals surface area contributed by atoms with Crippen molar-refractivity contribution in [2.75, 3.05) is 0 Å². The Balaban J connectivity index is 2.18. The van der Waals surface area contributed by atoms with Gasteiger partial charge in [-0.1, -0.05) is 6.07 Å². The van der Waals surface area contributed by atoms with Gasteiger partial charge in [-0.05, 0) is 46.6 Å². The van der Waals surface area contributed by atoms with Crippen molar-refractivity contribution in [2.24, 2.45) is 5.73 Å². The third-order valence-corrected chi connectivity index (χ3v) is 3.01. The minimum Gasteiger partial charge on any atom is -0.438 e. The molecule has 0 spiro atoms. The molecule has 0 unspecified atom stereocenters. The fourth-order valence-corrected chi connectivity index (χ4v) is 1.82. The number of nitrogens with two attached hydrogens (primary N) is 1. The van der Waals surface area contributed by atoms with E-state index < -0.39 is 0 Å². The van der Waals surface area contributed by atoms with E-state index in [2.05, 4.69) is 20.9 Å². The van der Waals surface area contributed by atoms with Gasteiger partial charge >= 0.3 is 0 Å². The summed E-state index contributed by atoms with van der Waals surface area (Å²) in [7, 11) is 0. The van der Waals surface area contributed by atoms with Gasteiger partial charge in [0.05, 0.1) is 4.47 Å². The summed E-state index contributed by atoms with van der Waals surface area (Å²) in [4.78, 5) is 4.14. The number of benzene rings is 1. The van der Waals surface area contributed by atoms with E-state index in [1.54, 1.807) is 18.3 Å². The van der Waals surface area contributed by atoms with Crippen molar-refractivity contribution in [3.8, 4) is 11.6 Å². The molecule has 18 heavy (non-hydrogen) atoms. The van der Waals surface area contributed by atoms with Gasteiger partial charge in [0.25, 0.3) is 0 Å². The molecule has 0 aliphatic carbocycles. The molecule has 1 atom stereocenters. The van der Waals surface area contributed by atoms with Crippen LogP contribution in [-0.2, 0) is 0 Å². The van der Waals surface area contributed by atoms with Crippen molar-refractivity contribution in [3.05, 3.63) is 52.4 Å². The number of halogens is 2. The van der Waals surface area contributed by atoms with Gasteiger partial charge in [0, 0.05) is 18.3 Å². The Morgan fingerprint density at radius 2 is 2.11 bits per heavy atom. The molecule has 0 amide bonds. The third-order valence-electron chi connectivity index (χ3n) is 2.39. The summed E-state index contributed by atoms with van der Waals surface area (Å²) in [6.07, 6.45) is 1.66. The van der Waals surface area contributed by atoms with Crippen LogP contribution in [0.3, 0.4) is 0 Å². The zero-order chi connectivity index (χ0) is 13.1. The monoisotopic (exact) mass is 310 g/mol. The first-order valence-electron chi connectivity index (χ1n) is 5.40. The maximum Gasteiger partial charge on any atom is 0.219 e. The SMILES string of the molecule is C[C@H](N)c1ccc(Oc2ccc(F)cc2Br)nc1. The predicted octanol–water partition coefficient (Wildman–Crippen LogP) is 3.80. The molecule has 1 heterocycles. The molecule has 2 rings (SSSR count). The van der Waals surface area contributed by atoms with Crippen molar-refractivity contribution in [2.45, 2.75) is 13.0 Å². The van der Waals surface area contributed by atoms with E-state index in [-0.39, 0.29) is 11.9 Å². The lowest BCUT2D eigenvalue weighted by atomic mass is 10.2. The zero-order valence-corrected chi connectivity index (χ0v) is 11.3. The van der Waals surface area contributed by atoms with Crippen LogP contribution in [0.5, 0.6) is 11.6 Å². The summed E-state index contributed by atoms with van der Waals surface area (Å²) in [5.41, 5.74) is 6.66. The Hall–Kier alpha value is -1.46. The number of ether oxygens (including phenoxy) is 1. The molecule has 0 fully saturated rings. The van der Waals surface area contributed by atoms with Gasteiger partial charge in [0.15, 0.2) is 0 Å². The molecule has 0 saturated carbocycles. The van der Waals surface area contributed by atoms with E-state index in [4.69, 9.17) is 10.5 Å². The first-order chi connectivity index (χ1) is 8.56. The summed E-state index contributed by atoms with van der Waals surface area (Å²) < 4.78 is 19.0. The lowest BCUT2D eigenvalue weighted by Gasteiger charge is -2.08. The summed E-state index contributed by atoms with van der Waals surface area (Å²) in [6.45, 7) is 1.88. The van der Waals surface area contributed by atoms with Gasteiger partial charge < -0.3 is 10.5 Å². The van der Waals surface area contributed by atoms with Gasteiger partial charge in [-0.15, -0.1) is 0 Å². The van der Waals surface area contributed by atoms with Crippen LogP contribution in [0.25, 0.3) is 0 Å². The number of hydrogen-bond donors (Lipinski definition) is 1. The second-order valence-corrected chi connectivity index (χ2v) is 4.75. The minimum absolute atomic E-state index is 0.0656. The minimum atomic E-state index is -0.325. The van der Waals surface area contributed by atoms with Crippen molar-refractivity contribution in [3.63, 3.8) is 0 Å². The fourth-order valence-electron chi connectivity index (χ4n) is 1.39. The Kier molecular flexibility index (Phi) is 3.93. The molecule has 2 N–H and O–H groups in total. The van der Waals surface area contributed by atoms with Gasteiger partial charge in [-0.25, -0.2) is 9.37 Å². The number of pyridine rings is 1. The molecule has 1 aromatic heterocycles. The maximum absolute atomic E-state index is 12.9. The lowest BCUT2D eigenvalue weighted by Crippen LogP contribution is -2.05. The Bertz CT molecular complexity index is 543. The summed E-state index contributed by atoms with van der Waals surface area (Å²) in [5.74, 6) is 0.624. The van der Waals surface area contributed by atoms with Crippen LogP contribution >= 0.6 is 15.9 Å². The van der Waals surface area contributed by atoms with Crippen LogP contribution in [0.1, 0.15) is 18.5 Å². The van der Waals surface area contributed by atoms with Crippen LogP contribution in [0, 0.1) is 5.82 Å². The Morgan fingerprint density at radius 3 is 2.67 bits per heavy atom. The van der Waals surface area contributed by atoms with Crippen molar-refractivity contribution < 1.29 is 9.13 Å². The number of nitrogens with zero attached hydrogens (tertiary/aromatic N) is 1. The number of hydrogen-bond acceptors (Lipinski definition) is 3. The van der Waals surface area contributed by atoms with E-state index in [0.29, 0.717) is 16.1 Å². The second-order valence-electron chi connectivity index (χ2n) is 3.90. The molecule has 0 aliphatic rings. The van der Waals surface area contributed by atoms with Crippen LogP contribution in [0.2, 0.25) is 0 Å². The molecule has 3 nitrogen and oxygen atoms in total. The molecule has 94 valence electrons. The quantitative estimate of drug-likeness (QED) is 0.938. The topological polar surface area (TPSA) is 48.1 Å². The molecule has 0 bridgehead atoms. The zero-order valence-electron chi connectivity index (χ0n) is 9.73. The Morgan fingerprint density at radius 1 is 1.33 bits per heavy atom. The normalized spacial score (nSPS) is 12.2. The average molecular weight is 311 g/mol. The van der Waals surface area contributed by atoms with Gasteiger partial charge in [0.1, 0.15) is 11.6 Å². The standard InChI is InChI=1S/C13H12BrFN2O/c1-8(16)9-2-5-13(17-7-9)18-12-4-3-10(15)6-11(12)14/h2-8H,16H2,1H3/t8-/m0/s1. The van der Waals surface area contributed by atoms with Gasteiger partial charge in [-0.2, -0.15) is 0 Å². The van der Waals surface area contributed by atoms with E-state index in [0.717, 1.165) is 5.56 Å². The molecule has 0 saturated heterocycles. The highest BCUT2D eigenvalue weighted by Crippen LogP contribution is 2.29. The fraction of sp³-hybridized carbons (Fsp3) is 0.154. The molecular formula is C13H12BrFN2O.